The molecule has 0 unspecified atom stereocenters. The van der Waals surface area contributed by atoms with E-state index in [9.17, 15) is 0 Å². The lowest BCUT2D eigenvalue weighted by Crippen LogP contribution is -2.60. The van der Waals surface area contributed by atoms with E-state index in [4.69, 9.17) is 19.4 Å². The van der Waals surface area contributed by atoms with Gasteiger partial charge in [0.05, 0.1) is 22.1 Å². The molecule has 0 spiro atoms. The van der Waals surface area contributed by atoms with E-state index in [1.54, 1.807) is 0 Å². The second-order valence-electron chi connectivity index (χ2n) is 18.3. The molecule has 0 aliphatic carbocycles. The topological polar surface area (TPSA) is 82.3 Å². The monoisotopic (exact) mass is 724 g/mol. The standard InChI is InChI=1S/C46H56N6O2/c1-43(2)25-35(26-44(3,4)51(43)9)53-33-17-11-29(12-18-33)41-47-37-21-15-31(23-39(37)49-41)32-16-22-38-40(24-32)50-42(48-38)30-13-19-34(20-14-30)54-36-27-45(5,6)52(10)46(7,8)28-36/h11-24,35-36H,25-28H2,1-10H3,(H,47,49)(H,48,50). The number of aromatic amines is 2. The van der Waals surface area contributed by atoms with Gasteiger partial charge in [0.1, 0.15) is 35.4 Å². The highest BCUT2D eigenvalue weighted by Crippen LogP contribution is 2.40. The summed E-state index contributed by atoms with van der Waals surface area (Å²) in [5, 5.41) is 0. The Morgan fingerprint density at radius 2 is 0.796 bits per heavy atom. The van der Waals surface area contributed by atoms with Crippen LogP contribution >= 0.6 is 0 Å². The van der Waals surface area contributed by atoms with Gasteiger partial charge < -0.3 is 19.4 Å². The van der Waals surface area contributed by atoms with Crippen molar-refractivity contribution >= 4 is 22.1 Å². The molecule has 0 saturated carbocycles. The van der Waals surface area contributed by atoms with Gasteiger partial charge in [0.2, 0.25) is 0 Å². The van der Waals surface area contributed by atoms with E-state index in [0.717, 1.165) is 93.2 Å². The van der Waals surface area contributed by atoms with Gasteiger partial charge in [0.15, 0.2) is 0 Å². The minimum absolute atomic E-state index is 0.0811. The van der Waals surface area contributed by atoms with Crippen molar-refractivity contribution in [3.8, 4) is 45.4 Å². The van der Waals surface area contributed by atoms with Crippen molar-refractivity contribution in [2.45, 2.75) is 115 Å². The predicted molar refractivity (Wildman–Crippen MR) is 221 cm³/mol. The number of nitrogens with one attached hydrogen (secondary N) is 2. The molecule has 8 nitrogen and oxygen atoms in total. The van der Waals surface area contributed by atoms with E-state index in [2.05, 4.69) is 174 Å². The molecule has 6 aromatic rings. The normalized spacial score (nSPS) is 20.4. The van der Waals surface area contributed by atoms with Crippen LogP contribution in [0.15, 0.2) is 84.9 Å². The average Bonchev–Trinajstić information content (AvgIpc) is 3.74. The van der Waals surface area contributed by atoms with Gasteiger partial charge in [-0.15, -0.1) is 0 Å². The van der Waals surface area contributed by atoms with E-state index in [0.29, 0.717) is 0 Å². The number of fused-ring (bicyclic) bond motifs is 2. The van der Waals surface area contributed by atoms with Crippen molar-refractivity contribution in [3.05, 3.63) is 84.9 Å². The first-order valence-electron chi connectivity index (χ1n) is 19.5. The van der Waals surface area contributed by atoms with Gasteiger partial charge in [-0.2, -0.15) is 0 Å². The van der Waals surface area contributed by atoms with Crippen LogP contribution in [0.3, 0.4) is 0 Å². The summed E-state index contributed by atoms with van der Waals surface area (Å²) in [5.41, 5.74) is 8.45. The van der Waals surface area contributed by atoms with Crippen LogP contribution in [0.5, 0.6) is 11.5 Å². The molecule has 2 fully saturated rings. The van der Waals surface area contributed by atoms with Gasteiger partial charge >= 0.3 is 0 Å². The average molecular weight is 725 g/mol. The maximum atomic E-state index is 6.52. The number of imidazole rings is 2. The molecule has 2 aliphatic heterocycles. The number of H-pyrrole nitrogens is 2. The lowest BCUT2D eigenvalue weighted by Gasteiger charge is -2.53. The van der Waals surface area contributed by atoms with Crippen molar-refractivity contribution in [2.75, 3.05) is 14.1 Å². The second kappa shape index (κ2) is 13.0. The van der Waals surface area contributed by atoms with Gasteiger partial charge in [-0.25, -0.2) is 9.97 Å². The molecule has 8 rings (SSSR count). The minimum atomic E-state index is 0.0811. The first kappa shape index (κ1) is 36.3. The quantitative estimate of drug-likeness (QED) is 0.171. The molecule has 0 bridgehead atoms. The summed E-state index contributed by atoms with van der Waals surface area (Å²) in [6, 6.07) is 29.5. The van der Waals surface area contributed by atoms with Gasteiger partial charge in [-0.1, -0.05) is 12.1 Å². The summed E-state index contributed by atoms with van der Waals surface area (Å²) in [4.78, 5) is 22.0. The van der Waals surface area contributed by atoms with Crippen molar-refractivity contribution in [2.24, 2.45) is 0 Å². The molecule has 0 amide bonds. The molecule has 2 N–H and O–H groups in total. The zero-order valence-corrected chi connectivity index (χ0v) is 33.7. The van der Waals surface area contributed by atoms with Crippen molar-refractivity contribution in [1.82, 2.24) is 29.7 Å². The largest absolute Gasteiger partial charge is 0.490 e. The number of piperidine rings is 2. The Bertz CT molecular complexity index is 2100. The summed E-state index contributed by atoms with van der Waals surface area (Å²) >= 11 is 0. The van der Waals surface area contributed by atoms with E-state index < -0.39 is 0 Å². The Labute approximate surface area is 320 Å². The molecule has 4 aromatic carbocycles. The van der Waals surface area contributed by atoms with E-state index >= 15 is 0 Å². The van der Waals surface area contributed by atoms with Crippen LogP contribution in [0.2, 0.25) is 0 Å². The number of likely N-dealkylation sites (tertiary alicyclic amines) is 2. The molecular formula is C46H56N6O2. The number of hydrogen-bond donors (Lipinski definition) is 2. The van der Waals surface area contributed by atoms with Crippen LogP contribution in [0, 0.1) is 0 Å². The molecule has 8 heteroatoms. The van der Waals surface area contributed by atoms with Crippen molar-refractivity contribution in [1.29, 1.82) is 0 Å². The second-order valence-corrected chi connectivity index (χ2v) is 18.3. The van der Waals surface area contributed by atoms with Crippen molar-refractivity contribution in [3.63, 3.8) is 0 Å². The highest BCUT2D eigenvalue weighted by molar-refractivity contribution is 5.88. The molecule has 4 heterocycles. The van der Waals surface area contributed by atoms with Crippen LogP contribution < -0.4 is 9.47 Å². The summed E-state index contributed by atoms with van der Waals surface area (Å²) in [7, 11) is 4.45. The fourth-order valence-corrected chi connectivity index (χ4v) is 9.14. The fraction of sp³-hybridized carbons (Fsp3) is 0.435. The fourth-order valence-electron chi connectivity index (χ4n) is 9.14. The summed E-state index contributed by atoms with van der Waals surface area (Å²) < 4.78 is 13.0. The van der Waals surface area contributed by atoms with Crippen LogP contribution in [-0.2, 0) is 0 Å². The molecule has 54 heavy (non-hydrogen) atoms. The number of benzene rings is 4. The maximum absolute atomic E-state index is 6.52. The first-order valence-corrected chi connectivity index (χ1v) is 19.5. The van der Waals surface area contributed by atoms with Crippen LogP contribution in [0.4, 0.5) is 0 Å². The number of nitrogens with zero attached hydrogens (tertiary/aromatic N) is 4. The van der Waals surface area contributed by atoms with Gasteiger partial charge in [0.25, 0.3) is 0 Å². The Morgan fingerprint density at radius 1 is 0.481 bits per heavy atom. The van der Waals surface area contributed by atoms with Crippen LogP contribution in [0.25, 0.3) is 56.0 Å². The lowest BCUT2D eigenvalue weighted by atomic mass is 9.78. The molecule has 2 saturated heterocycles. The summed E-state index contributed by atoms with van der Waals surface area (Å²) in [5.74, 6) is 3.49. The molecule has 0 atom stereocenters. The lowest BCUT2D eigenvalue weighted by molar-refractivity contribution is -0.0560. The van der Waals surface area contributed by atoms with Gasteiger partial charge in [-0.05, 0) is 153 Å². The SMILES string of the molecule is CN1C(C)(C)CC(Oc2ccc(-c3nc4cc(-c5ccc6[nH]c(-c7ccc(OC8CC(C)(C)N(C)C(C)(C)C8)cc7)nc6c5)ccc4[nH]3)cc2)CC1(C)C. The van der Waals surface area contributed by atoms with E-state index in [1.165, 1.54) is 0 Å². The minimum Gasteiger partial charge on any atom is -0.490 e. The van der Waals surface area contributed by atoms with Gasteiger partial charge in [-0.3, -0.25) is 9.80 Å². The molecule has 282 valence electrons. The first-order chi connectivity index (χ1) is 25.5. The van der Waals surface area contributed by atoms with Crippen molar-refractivity contribution < 1.29 is 9.47 Å². The maximum Gasteiger partial charge on any atom is 0.138 e. The smallest absolute Gasteiger partial charge is 0.138 e. The highest BCUT2D eigenvalue weighted by atomic mass is 16.5. The summed E-state index contributed by atoms with van der Waals surface area (Å²) in [6.45, 7) is 18.4. The van der Waals surface area contributed by atoms with Crippen LogP contribution in [-0.4, -0.2) is 78.2 Å². The highest BCUT2D eigenvalue weighted by Gasteiger charge is 2.45. The number of rotatable bonds is 7. The summed E-state index contributed by atoms with van der Waals surface area (Å²) in [6.07, 6.45) is 4.33. The number of hydrogen-bond acceptors (Lipinski definition) is 6. The zero-order valence-electron chi connectivity index (χ0n) is 33.7. The third-order valence-corrected chi connectivity index (χ3v) is 12.7. The number of aromatic nitrogens is 4. The van der Waals surface area contributed by atoms with Crippen LogP contribution in [0.1, 0.15) is 81.1 Å². The Kier molecular flexibility index (Phi) is 8.73. The van der Waals surface area contributed by atoms with Gasteiger partial charge in [0, 0.05) is 59.0 Å². The molecular weight excluding hydrogens is 669 g/mol. The third kappa shape index (κ3) is 6.90. The molecule has 2 aromatic heterocycles. The zero-order chi connectivity index (χ0) is 38.2. The molecule has 0 radical (unpaired) electrons. The van der Waals surface area contributed by atoms with E-state index in [-0.39, 0.29) is 34.4 Å². The third-order valence-electron chi connectivity index (χ3n) is 12.7. The Morgan fingerprint density at radius 3 is 1.13 bits per heavy atom. The number of ether oxygens (including phenoxy) is 2. The Hall–Kier alpha value is -4.66. The molecule has 2 aliphatic rings. The van der Waals surface area contributed by atoms with E-state index in [1.807, 2.05) is 0 Å². The Balaban J connectivity index is 0.952. The predicted octanol–water partition coefficient (Wildman–Crippen LogP) is 10.5.